The van der Waals surface area contributed by atoms with Crippen LogP contribution in [0, 0.1) is 6.92 Å². The van der Waals surface area contributed by atoms with E-state index in [1.807, 2.05) is 6.92 Å². The van der Waals surface area contributed by atoms with Crippen molar-refractivity contribution < 1.29 is 9.59 Å². The summed E-state index contributed by atoms with van der Waals surface area (Å²) >= 11 is 0. The molecule has 2 N–H and O–H groups in total. The number of benzene rings is 1. The Kier molecular flexibility index (Phi) is 4.05. The minimum absolute atomic E-state index is 0.244. The van der Waals surface area contributed by atoms with Crippen molar-refractivity contribution in [2.45, 2.75) is 51.6 Å². The fraction of sp³-hybridized carbons (Fsp3) is 0.529. The zero-order chi connectivity index (χ0) is 15.7. The quantitative estimate of drug-likeness (QED) is 0.899. The Morgan fingerprint density at radius 1 is 1.32 bits per heavy atom. The average Bonchev–Trinajstić information content (AvgIpc) is 3.29. The van der Waals surface area contributed by atoms with Crippen molar-refractivity contribution >= 4 is 17.6 Å². The molecule has 3 rings (SSSR count). The monoisotopic (exact) mass is 301 g/mol. The fourth-order valence-corrected chi connectivity index (χ4v) is 2.96. The lowest BCUT2D eigenvalue weighted by Crippen LogP contribution is -2.51. The van der Waals surface area contributed by atoms with Crippen molar-refractivity contribution in [2.24, 2.45) is 0 Å². The van der Waals surface area contributed by atoms with Gasteiger partial charge in [-0.15, -0.1) is 0 Å². The molecule has 1 fully saturated rings. The number of rotatable bonds is 3. The molecule has 1 aliphatic carbocycles. The highest BCUT2D eigenvalue weighted by Crippen LogP contribution is 2.29. The highest BCUT2D eigenvalue weighted by molar-refractivity contribution is 5.98. The molecule has 0 unspecified atom stereocenters. The van der Waals surface area contributed by atoms with Crippen LogP contribution in [0.3, 0.4) is 0 Å². The molecule has 1 aliphatic heterocycles. The van der Waals surface area contributed by atoms with Crippen LogP contribution >= 0.6 is 0 Å². The van der Waals surface area contributed by atoms with E-state index >= 15 is 0 Å². The molecule has 1 aromatic rings. The van der Waals surface area contributed by atoms with Crippen LogP contribution < -0.4 is 15.5 Å². The van der Waals surface area contributed by atoms with E-state index in [2.05, 4.69) is 40.7 Å². The number of fused-ring (bicyclic) bond motifs is 1. The highest BCUT2D eigenvalue weighted by atomic mass is 16.2. The van der Waals surface area contributed by atoms with E-state index in [1.54, 1.807) is 0 Å². The number of carbonyl (C=O) groups excluding carboxylic acids is 2. The number of hydrogen-bond acceptors (Lipinski definition) is 3. The van der Waals surface area contributed by atoms with E-state index in [1.165, 1.54) is 11.1 Å². The summed E-state index contributed by atoms with van der Waals surface area (Å²) in [7, 11) is 0. The molecule has 0 saturated heterocycles. The number of anilines is 1. The SMILES string of the molecule is Cc1ccc2c(c1)CCCN2[C@H](C)C(=O)NC(=O)NC1CC1. The van der Waals surface area contributed by atoms with Gasteiger partial charge < -0.3 is 10.2 Å². The molecule has 1 atom stereocenters. The first kappa shape index (κ1) is 14.9. The number of nitrogens with zero attached hydrogens (tertiary/aromatic N) is 1. The molecule has 22 heavy (non-hydrogen) atoms. The lowest BCUT2D eigenvalue weighted by molar-refractivity contribution is -0.121. The second kappa shape index (κ2) is 5.99. The molecule has 0 radical (unpaired) electrons. The molecule has 118 valence electrons. The minimum Gasteiger partial charge on any atom is -0.360 e. The minimum atomic E-state index is -0.375. The van der Waals surface area contributed by atoms with Gasteiger partial charge in [-0.2, -0.15) is 0 Å². The van der Waals surface area contributed by atoms with Gasteiger partial charge >= 0.3 is 6.03 Å². The Morgan fingerprint density at radius 3 is 2.82 bits per heavy atom. The summed E-state index contributed by atoms with van der Waals surface area (Å²) in [6, 6.07) is 5.86. The Morgan fingerprint density at radius 2 is 2.09 bits per heavy atom. The molecule has 0 spiro atoms. The van der Waals surface area contributed by atoms with E-state index in [0.717, 1.165) is 37.9 Å². The lowest BCUT2D eigenvalue weighted by Gasteiger charge is -2.35. The predicted molar refractivity (Wildman–Crippen MR) is 86.0 cm³/mol. The molecular weight excluding hydrogens is 278 g/mol. The summed E-state index contributed by atoms with van der Waals surface area (Å²) in [4.78, 5) is 26.1. The van der Waals surface area contributed by atoms with Crippen LogP contribution in [0.25, 0.3) is 0 Å². The smallest absolute Gasteiger partial charge is 0.321 e. The second-order valence-corrected chi connectivity index (χ2v) is 6.34. The van der Waals surface area contributed by atoms with E-state index in [9.17, 15) is 9.59 Å². The summed E-state index contributed by atoms with van der Waals surface area (Å²) in [6.45, 7) is 4.78. The normalized spacial score (nSPS) is 18.4. The van der Waals surface area contributed by atoms with Crippen molar-refractivity contribution in [3.8, 4) is 0 Å². The summed E-state index contributed by atoms with van der Waals surface area (Å²) in [5.41, 5.74) is 3.64. The van der Waals surface area contributed by atoms with E-state index in [4.69, 9.17) is 0 Å². The maximum Gasteiger partial charge on any atom is 0.321 e. The van der Waals surface area contributed by atoms with Gasteiger partial charge in [0, 0.05) is 18.3 Å². The van der Waals surface area contributed by atoms with Crippen LogP contribution in [0.15, 0.2) is 18.2 Å². The van der Waals surface area contributed by atoms with Crippen molar-refractivity contribution in [2.75, 3.05) is 11.4 Å². The van der Waals surface area contributed by atoms with Crippen LogP contribution in [0.1, 0.15) is 37.3 Å². The number of nitrogens with one attached hydrogen (secondary N) is 2. The lowest BCUT2D eigenvalue weighted by atomic mass is 9.98. The average molecular weight is 301 g/mol. The van der Waals surface area contributed by atoms with E-state index in [-0.39, 0.29) is 24.0 Å². The molecule has 1 aromatic carbocycles. The Hall–Kier alpha value is -2.04. The maximum absolute atomic E-state index is 12.3. The van der Waals surface area contributed by atoms with E-state index in [0.29, 0.717) is 0 Å². The van der Waals surface area contributed by atoms with Crippen molar-refractivity contribution in [3.05, 3.63) is 29.3 Å². The van der Waals surface area contributed by atoms with Gasteiger partial charge in [0.1, 0.15) is 6.04 Å². The molecule has 1 saturated carbocycles. The van der Waals surface area contributed by atoms with Crippen LogP contribution in [-0.4, -0.2) is 30.6 Å². The van der Waals surface area contributed by atoms with Gasteiger partial charge in [-0.25, -0.2) is 4.79 Å². The maximum atomic E-state index is 12.3. The molecule has 0 aromatic heterocycles. The van der Waals surface area contributed by atoms with Gasteiger partial charge in [-0.05, 0) is 51.2 Å². The third-order valence-electron chi connectivity index (χ3n) is 4.39. The van der Waals surface area contributed by atoms with Crippen LogP contribution in [-0.2, 0) is 11.2 Å². The Balaban J connectivity index is 1.68. The van der Waals surface area contributed by atoms with Crippen LogP contribution in [0.2, 0.25) is 0 Å². The second-order valence-electron chi connectivity index (χ2n) is 6.34. The van der Waals surface area contributed by atoms with Crippen LogP contribution in [0.5, 0.6) is 0 Å². The van der Waals surface area contributed by atoms with Gasteiger partial charge in [-0.1, -0.05) is 17.7 Å². The Bertz CT molecular complexity index is 596. The molecule has 5 nitrogen and oxygen atoms in total. The van der Waals surface area contributed by atoms with Crippen molar-refractivity contribution in [1.82, 2.24) is 10.6 Å². The number of amides is 3. The van der Waals surface area contributed by atoms with Crippen molar-refractivity contribution in [1.29, 1.82) is 0 Å². The summed E-state index contributed by atoms with van der Waals surface area (Å²) in [5.74, 6) is -0.244. The number of hydrogen-bond donors (Lipinski definition) is 2. The third-order valence-corrected chi connectivity index (χ3v) is 4.39. The summed E-state index contributed by atoms with van der Waals surface area (Å²) in [5, 5.41) is 5.24. The van der Waals surface area contributed by atoms with Gasteiger partial charge in [0.2, 0.25) is 5.91 Å². The van der Waals surface area contributed by atoms with Crippen molar-refractivity contribution in [3.63, 3.8) is 0 Å². The molecular formula is C17H23N3O2. The largest absolute Gasteiger partial charge is 0.360 e. The fourth-order valence-electron chi connectivity index (χ4n) is 2.96. The number of aryl methyl sites for hydroxylation is 2. The zero-order valence-corrected chi connectivity index (χ0v) is 13.2. The molecule has 0 bridgehead atoms. The standard InChI is InChI=1S/C17H23N3O2/c1-11-5-8-15-13(10-11)4-3-9-20(15)12(2)16(21)19-17(22)18-14-6-7-14/h5,8,10,12,14H,3-4,6-7,9H2,1-2H3,(H2,18,19,21,22)/t12-/m1/s1. The van der Waals surface area contributed by atoms with Gasteiger partial charge in [0.25, 0.3) is 0 Å². The van der Waals surface area contributed by atoms with Gasteiger partial charge in [-0.3, -0.25) is 10.1 Å². The first-order valence-corrected chi connectivity index (χ1v) is 8.02. The Labute approximate surface area is 131 Å². The molecule has 2 aliphatic rings. The third kappa shape index (κ3) is 3.24. The molecule has 5 heteroatoms. The van der Waals surface area contributed by atoms with Gasteiger partial charge in [0.05, 0.1) is 0 Å². The number of imide groups is 1. The first-order valence-electron chi connectivity index (χ1n) is 8.02. The summed E-state index contributed by atoms with van der Waals surface area (Å²) in [6.07, 6.45) is 4.10. The number of carbonyl (C=O) groups is 2. The van der Waals surface area contributed by atoms with Crippen LogP contribution in [0.4, 0.5) is 10.5 Å². The first-order chi connectivity index (χ1) is 10.5. The molecule has 1 heterocycles. The molecule has 3 amide bonds. The summed E-state index contributed by atoms with van der Waals surface area (Å²) < 4.78 is 0. The topological polar surface area (TPSA) is 61.4 Å². The zero-order valence-electron chi connectivity index (χ0n) is 13.2. The number of urea groups is 1. The predicted octanol–water partition coefficient (Wildman–Crippen LogP) is 2.12. The highest BCUT2D eigenvalue weighted by Gasteiger charge is 2.28. The van der Waals surface area contributed by atoms with Gasteiger partial charge in [0.15, 0.2) is 0 Å². The van der Waals surface area contributed by atoms with E-state index < -0.39 is 0 Å².